The Morgan fingerprint density at radius 1 is 1.47 bits per heavy atom. The molecule has 1 aromatic carbocycles. The number of amides is 1. The van der Waals surface area contributed by atoms with Gasteiger partial charge in [0.05, 0.1) is 5.52 Å². The third kappa shape index (κ3) is 2.76. The van der Waals surface area contributed by atoms with Gasteiger partial charge >= 0.3 is 0 Å². The Labute approximate surface area is 117 Å². The van der Waals surface area contributed by atoms with E-state index in [1.165, 1.54) is 0 Å². The molecule has 0 fully saturated rings. The lowest BCUT2D eigenvalue weighted by Gasteiger charge is -2.26. The first-order valence-electron chi connectivity index (χ1n) is 6.38. The van der Waals surface area contributed by atoms with Crippen LogP contribution in [0.5, 0.6) is 0 Å². The van der Waals surface area contributed by atoms with E-state index in [2.05, 4.69) is 23.4 Å². The van der Waals surface area contributed by atoms with Crippen molar-refractivity contribution in [2.75, 3.05) is 19.1 Å². The van der Waals surface area contributed by atoms with Crippen molar-refractivity contribution in [2.45, 2.75) is 19.4 Å². The molecule has 1 unspecified atom stereocenters. The molecule has 0 bridgehead atoms. The highest BCUT2D eigenvalue weighted by Gasteiger charge is 2.22. The first-order chi connectivity index (χ1) is 9.19. The van der Waals surface area contributed by atoms with Crippen molar-refractivity contribution in [3.63, 3.8) is 0 Å². The van der Waals surface area contributed by atoms with Gasteiger partial charge in [0, 0.05) is 24.2 Å². The van der Waals surface area contributed by atoms with E-state index >= 15 is 0 Å². The molecule has 4 nitrogen and oxygen atoms in total. The standard InChI is InChI=1S/C14H19N3OS/c1-4-10(9-19-3)17(2)14(18)13-11-7-5-6-8-12(11)15-16-13/h5-8,10H,4,9H2,1-3H3,(H,15,16). The Morgan fingerprint density at radius 2 is 2.21 bits per heavy atom. The summed E-state index contributed by atoms with van der Waals surface area (Å²) in [5.41, 5.74) is 1.41. The molecule has 1 heterocycles. The molecule has 0 spiro atoms. The minimum absolute atomic E-state index is 0.0154. The molecule has 0 saturated carbocycles. The minimum Gasteiger partial charge on any atom is -0.336 e. The van der Waals surface area contributed by atoms with Crippen LogP contribution in [0.3, 0.4) is 0 Å². The lowest BCUT2D eigenvalue weighted by molar-refractivity contribution is 0.0739. The smallest absolute Gasteiger partial charge is 0.275 e. The summed E-state index contributed by atoms with van der Waals surface area (Å²) in [7, 11) is 1.86. The van der Waals surface area contributed by atoms with Crippen molar-refractivity contribution in [3.8, 4) is 0 Å². The third-order valence-electron chi connectivity index (χ3n) is 3.37. The maximum Gasteiger partial charge on any atom is 0.275 e. The maximum absolute atomic E-state index is 12.5. The average Bonchev–Trinajstić information content (AvgIpc) is 2.87. The molecule has 1 N–H and O–H groups in total. The van der Waals surface area contributed by atoms with E-state index in [9.17, 15) is 4.79 Å². The van der Waals surface area contributed by atoms with E-state index in [0.717, 1.165) is 23.1 Å². The van der Waals surface area contributed by atoms with Crippen LogP contribution in [0.25, 0.3) is 10.9 Å². The molecular formula is C14H19N3OS. The quantitative estimate of drug-likeness (QED) is 0.914. The number of aromatic amines is 1. The number of H-pyrrole nitrogens is 1. The van der Waals surface area contributed by atoms with Crippen LogP contribution < -0.4 is 0 Å². The second kappa shape index (κ2) is 6.10. The number of aromatic nitrogens is 2. The van der Waals surface area contributed by atoms with E-state index in [0.29, 0.717) is 5.69 Å². The Morgan fingerprint density at radius 3 is 2.89 bits per heavy atom. The van der Waals surface area contributed by atoms with E-state index in [1.807, 2.05) is 31.3 Å². The lowest BCUT2D eigenvalue weighted by Crippen LogP contribution is -2.38. The first-order valence-corrected chi connectivity index (χ1v) is 7.77. The van der Waals surface area contributed by atoms with Gasteiger partial charge in [0.25, 0.3) is 5.91 Å². The molecule has 2 aromatic rings. The van der Waals surface area contributed by atoms with Crippen molar-refractivity contribution in [3.05, 3.63) is 30.0 Å². The summed E-state index contributed by atoms with van der Waals surface area (Å²) in [4.78, 5) is 14.3. The van der Waals surface area contributed by atoms with Crippen molar-refractivity contribution in [1.29, 1.82) is 0 Å². The summed E-state index contributed by atoms with van der Waals surface area (Å²) < 4.78 is 0. The third-order valence-corrected chi connectivity index (χ3v) is 4.09. The van der Waals surface area contributed by atoms with Gasteiger partial charge in [-0.3, -0.25) is 9.89 Å². The number of benzene rings is 1. The molecule has 2 rings (SSSR count). The number of para-hydroxylation sites is 1. The molecule has 5 heteroatoms. The van der Waals surface area contributed by atoms with E-state index < -0.39 is 0 Å². The van der Waals surface area contributed by atoms with Crippen LogP contribution >= 0.6 is 11.8 Å². The molecule has 1 atom stereocenters. The second-order valence-corrected chi connectivity index (χ2v) is 5.46. The fourth-order valence-electron chi connectivity index (χ4n) is 2.16. The molecule has 19 heavy (non-hydrogen) atoms. The fraction of sp³-hybridized carbons (Fsp3) is 0.429. The first kappa shape index (κ1) is 13.9. The highest BCUT2D eigenvalue weighted by atomic mass is 32.2. The van der Waals surface area contributed by atoms with Gasteiger partial charge in [0.15, 0.2) is 5.69 Å². The van der Waals surface area contributed by atoms with E-state index in [-0.39, 0.29) is 11.9 Å². The van der Waals surface area contributed by atoms with Gasteiger partial charge in [-0.05, 0) is 18.7 Å². The minimum atomic E-state index is -0.0154. The molecule has 0 saturated heterocycles. The van der Waals surface area contributed by atoms with Crippen molar-refractivity contribution < 1.29 is 4.79 Å². The Bertz CT molecular complexity index is 567. The van der Waals surface area contributed by atoms with Crippen LogP contribution in [0.2, 0.25) is 0 Å². The zero-order valence-corrected chi connectivity index (χ0v) is 12.3. The maximum atomic E-state index is 12.5. The Kier molecular flexibility index (Phi) is 4.47. The highest BCUT2D eigenvalue weighted by molar-refractivity contribution is 7.98. The van der Waals surface area contributed by atoms with Crippen molar-refractivity contribution in [2.24, 2.45) is 0 Å². The van der Waals surface area contributed by atoms with Crippen LogP contribution in [0, 0.1) is 0 Å². The number of fused-ring (bicyclic) bond motifs is 1. The van der Waals surface area contributed by atoms with Gasteiger partial charge < -0.3 is 4.90 Å². The molecular weight excluding hydrogens is 258 g/mol. The van der Waals surface area contributed by atoms with Crippen LogP contribution in [0.15, 0.2) is 24.3 Å². The van der Waals surface area contributed by atoms with Gasteiger partial charge in [-0.2, -0.15) is 16.9 Å². The molecule has 102 valence electrons. The van der Waals surface area contributed by atoms with Gasteiger partial charge in [-0.15, -0.1) is 0 Å². The van der Waals surface area contributed by atoms with Gasteiger partial charge in [0.1, 0.15) is 0 Å². The van der Waals surface area contributed by atoms with Crippen LogP contribution in [0.4, 0.5) is 0 Å². The second-order valence-electron chi connectivity index (χ2n) is 4.55. The normalized spacial score (nSPS) is 12.6. The lowest BCUT2D eigenvalue weighted by atomic mass is 10.1. The predicted molar refractivity (Wildman–Crippen MR) is 80.6 cm³/mol. The summed E-state index contributed by atoms with van der Waals surface area (Å²) in [6, 6.07) is 7.96. The largest absolute Gasteiger partial charge is 0.336 e. The van der Waals surface area contributed by atoms with Crippen LogP contribution in [-0.4, -0.2) is 46.1 Å². The number of rotatable bonds is 5. The monoisotopic (exact) mass is 277 g/mol. The molecule has 0 radical (unpaired) electrons. The van der Waals surface area contributed by atoms with Gasteiger partial charge in [-0.1, -0.05) is 25.1 Å². The fourth-order valence-corrected chi connectivity index (χ4v) is 3.00. The van der Waals surface area contributed by atoms with Crippen LogP contribution in [0.1, 0.15) is 23.8 Å². The number of carbonyl (C=O) groups is 1. The van der Waals surface area contributed by atoms with E-state index in [1.54, 1.807) is 16.7 Å². The number of thioether (sulfide) groups is 1. The zero-order chi connectivity index (χ0) is 13.8. The van der Waals surface area contributed by atoms with Gasteiger partial charge in [-0.25, -0.2) is 0 Å². The number of hydrogen-bond acceptors (Lipinski definition) is 3. The molecule has 0 aliphatic carbocycles. The molecule has 1 amide bonds. The SMILES string of the molecule is CCC(CSC)N(C)C(=O)c1n[nH]c2ccccc12. The molecule has 1 aromatic heterocycles. The number of nitrogens with one attached hydrogen (secondary N) is 1. The summed E-state index contributed by atoms with van der Waals surface area (Å²) in [6.07, 6.45) is 3.01. The summed E-state index contributed by atoms with van der Waals surface area (Å²) >= 11 is 1.76. The van der Waals surface area contributed by atoms with Crippen molar-refractivity contribution in [1.82, 2.24) is 15.1 Å². The summed E-state index contributed by atoms with van der Waals surface area (Å²) in [6.45, 7) is 2.10. The number of hydrogen-bond donors (Lipinski definition) is 1. The number of carbonyl (C=O) groups excluding carboxylic acids is 1. The Hall–Kier alpha value is -1.49. The van der Waals surface area contributed by atoms with Gasteiger partial charge in [0.2, 0.25) is 0 Å². The predicted octanol–water partition coefficient (Wildman–Crippen LogP) is 2.78. The number of nitrogens with zero attached hydrogens (tertiary/aromatic N) is 2. The average molecular weight is 277 g/mol. The summed E-state index contributed by atoms with van der Waals surface area (Å²) in [5.74, 6) is 0.930. The topological polar surface area (TPSA) is 49.0 Å². The van der Waals surface area contributed by atoms with Crippen molar-refractivity contribution >= 4 is 28.6 Å². The highest BCUT2D eigenvalue weighted by Crippen LogP contribution is 2.18. The summed E-state index contributed by atoms with van der Waals surface area (Å²) in [5, 5.41) is 7.97. The molecule has 0 aliphatic heterocycles. The zero-order valence-electron chi connectivity index (χ0n) is 11.5. The van der Waals surface area contributed by atoms with Crippen LogP contribution in [-0.2, 0) is 0 Å². The van der Waals surface area contributed by atoms with E-state index in [4.69, 9.17) is 0 Å². The Balaban J connectivity index is 2.28. The molecule has 0 aliphatic rings.